The van der Waals surface area contributed by atoms with Gasteiger partial charge in [0.2, 0.25) is 0 Å². The monoisotopic (exact) mass is 278 g/mol. The van der Waals surface area contributed by atoms with Gasteiger partial charge in [-0.1, -0.05) is 23.2 Å². The first-order valence-corrected chi connectivity index (χ1v) is 5.71. The molecule has 0 aliphatic carbocycles. The van der Waals surface area contributed by atoms with Crippen molar-refractivity contribution in [3.8, 4) is 0 Å². The first-order valence-electron chi connectivity index (χ1n) is 4.96. The van der Waals surface area contributed by atoms with Crippen molar-refractivity contribution in [1.82, 2.24) is 0 Å². The van der Waals surface area contributed by atoms with E-state index in [1.165, 1.54) is 18.2 Å². The Morgan fingerprint density at radius 2 is 1.88 bits per heavy atom. The van der Waals surface area contributed by atoms with Gasteiger partial charge in [-0.3, -0.25) is 0 Å². The van der Waals surface area contributed by atoms with Crippen molar-refractivity contribution in [3.05, 3.63) is 33.8 Å². The Morgan fingerprint density at radius 3 is 2.35 bits per heavy atom. The first-order chi connectivity index (χ1) is 8.04. The largest absolute Gasteiger partial charge is 0.479 e. The highest BCUT2D eigenvalue weighted by atomic mass is 35.5. The molecule has 0 fully saturated rings. The summed E-state index contributed by atoms with van der Waals surface area (Å²) >= 11 is 11.6. The lowest BCUT2D eigenvalue weighted by molar-refractivity contribution is -0.151. The summed E-state index contributed by atoms with van der Waals surface area (Å²) in [6.45, 7) is 0.0975. The summed E-state index contributed by atoms with van der Waals surface area (Å²) in [6, 6.07) is 4.50. The predicted molar refractivity (Wildman–Crippen MR) is 64.5 cm³/mol. The maximum atomic E-state index is 11.0. The molecule has 0 aliphatic rings. The van der Waals surface area contributed by atoms with Gasteiger partial charge in [-0.05, 0) is 30.2 Å². The van der Waals surface area contributed by atoms with Crippen LogP contribution in [-0.4, -0.2) is 29.4 Å². The summed E-state index contributed by atoms with van der Waals surface area (Å²) < 4.78 is 5.16. The van der Waals surface area contributed by atoms with Crippen LogP contribution in [0.15, 0.2) is 18.2 Å². The average Bonchev–Trinajstić information content (AvgIpc) is 2.22. The Balaban J connectivity index is 2.85. The van der Waals surface area contributed by atoms with Crippen LogP contribution in [0.25, 0.3) is 0 Å². The van der Waals surface area contributed by atoms with Gasteiger partial charge in [0.25, 0.3) is 0 Å². The molecule has 6 heteroatoms. The van der Waals surface area contributed by atoms with Crippen molar-refractivity contribution in [2.45, 2.75) is 12.5 Å². The van der Waals surface area contributed by atoms with Crippen LogP contribution in [0.2, 0.25) is 10.0 Å². The molecule has 0 heterocycles. The van der Waals surface area contributed by atoms with Crippen molar-refractivity contribution >= 4 is 29.2 Å². The SMILES string of the molecule is O=C(O)C(OCCCO)c1cc(Cl)cc(Cl)c1. The third kappa shape index (κ3) is 4.52. The second kappa shape index (κ2) is 6.81. The summed E-state index contributed by atoms with van der Waals surface area (Å²) in [4.78, 5) is 11.0. The maximum absolute atomic E-state index is 11.0. The first kappa shape index (κ1) is 14.3. The fraction of sp³-hybridized carbons (Fsp3) is 0.364. The fourth-order valence-electron chi connectivity index (χ4n) is 1.30. The van der Waals surface area contributed by atoms with Crippen LogP contribution in [0.3, 0.4) is 0 Å². The number of aliphatic hydroxyl groups excluding tert-OH is 1. The van der Waals surface area contributed by atoms with E-state index in [0.29, 0.717) is 22.0 Å². The van der Waals surface area contributed by atoms with Crippen molar-refractivity contribution in [3.63, 3.8) is 0 Å². The topological polar surface area (TPSA) is 66.8 Å². The number of aliphatic hydroxyl groups is 1. The van der Waals surface area contributed by atoms with E-state index >= 15 is 0 Å². The summed E-state index contributed by atoms with van der Waals surface area (Å²) in [5, 5.41) is 18.3. The number of carbonyl (C=O) groups is 1. The van der Waals surface area contributed by atoms with Crippen molar-refractivity contribution in [1.29, 1.82) is 0 Å². The molecule has 2 N–H and O–H groups in total. The second-order valence-corrected chi connectivity index (χ2v) is 4.24. The molecule has 4 nitrogen and oxygen atoms in total. The van der Waals surface area contributed by atoms with Crippen LogP contribution >= 0.6 is 23.2 Å². The zero-order valence-electron chi connectivity index (χ0n) is 8.90. The molecule has 17 heavy (non-hydrogen) atoms. The molecule has 0 saturated heterocycles. The van der Waals surface area contributed by atoms with Crippen LogP contribution < -0.4 is 0 Å². The molecule has 1 aromatic rings. The Kier molecular flexibility index (Phi) is 5.71. The summed E-state index contributed by atoms with van der Waals surface area (Å²) in [5.74, 6) is -1.12. The van der Waals surface area contributed by atoms with Gasteiger partial charge in [-0.2, -0.15) is 0 Å². The van der Waals surface area contributed by atoms with Gasteiger partial charge in [0, 0.05) is 16.7 Å². The minimum absolute atomic E-state index is 0.0529. The maximum Gasteiger partial charge on any atom is 0.337 e. The standard InChI is InChI=1S/C11H12Cl2O4/c12-8-4-7(5-9(13)6-8)10(11(15)16)17-3-1-2-14/h4-6,10,14H,1-3H2,(H,15,16). The molecule has 0 bridgehead atoms. The molecule has 0 aliphatic heterocycles. The molecule has 1 unspecified atom stereocenters. The Morgan fingerprint density at radius 1 is 1.29 bits per heavy atom. The highest BCUT2D eigenvalue weighted by Gasteiger charge is 2.21. The molecule has 1 rings (SSSR count). The number of hydrogen-bond donors (Lipinski definition) is 2. The van der Waals surface area contributed by atoms with E-state index < -0.39 is 12.1 Å². The van der Waals surface area contributed by atoms with Gasteiger partial charge in [-0.15, -0.1) is 0 Å². The van der Waals surface area contributed by atoms with Gasteiger partial charge >= 0.3 is 5.97 Å². The molecule has 0 spiro atoms. The van der Waals surface area contributed by atoms with E-state index in [0.717, 1.165) is 0 Å². The van der Waals surface area contributed by atoms with Crippen molar-refractivity contribution in [2.75, 3.05) is 13.2 Å². The van der Waals surface area contributed by atoms with E-state index in [4.69, 9.17) is 38.2 Å². The van der Waals surface area contributed by atoms with E-state index in [-0.39, 0.29) is 13.2 Å². The smallest absolute Gasteiger partial charge is 0.337 e. The van der Waals surface area contributed by atoms with Gasteiger partial charge in [-0.25, -0.2) is 4.79 Å². The zero-order chi connectivity index (χ0) is 12.8. The number of carboxylic acids is 1. The average molecular weight is 279 g/mol. The Bertz CT molecular complexity index is 375. The van der Waals surface area contributed by atoms with Gasteiger partial charge in [0.15, 0.2) is 6.10 Å². The summed E-state index contributed by atoms with van der Waals surface area (Å²) in [6.07, 6.45) is -0.754. The highest BCUT2D eigenvalue weighted by molar-refractivity contribution is 6.34. The van der Waals surface area contributed by atoms with E-state index in [1.54, 1.807) is 0 Å². The lowest BCUT2D eigenvalue weighted by Crippen LogP contribution is -2.16. The normalized spacial score (nSPS) is 12.4. The van der Waals surface area contributed by atoms with Gasteiger partial charge in [0.1, 0.15) is 0 Å². The van der Waals surface area contributed by atoms with Crippen LogP contribution in [0.1, 0.15) is 18.1 Å². The fourth-order valence-corrected chi connectivity index (χ4v) is 1.85. The number of hydrogen-bond acceptors (Lipinski definition) is 3. The van der Waals surface area contributed by atoms with Gasteiger partial charge in [0.05, 0.1) is 6.61 Å². The van der Waals surface area contributed by atoms with Crippen LogP contribution in [0.4, 0.5) is 0 Å². The molecule has 1 atom stereocenters. The van der Waals surface area contributed by atoms with Crippen molar-refractivity contribution < 1.29 is 19.7 Å². The molecular formula is C11H12Cl2O4. The lowest BCUT2D eigenvalue weighted by atomic mass is 10.1. The van der Waals surface area contributed by atoms with E-state index in [9.17, 15) is 4.79 Å². The zero-order valence-corrected chi connectivity index (χ0v) is 10.4. The number of ether oxygens (including phenoxy) is 1. The predicted octanol–water partition coefficient (Wildman–Crippen LogP) is 2.52. The number of rotatable bonds is 6. The second-order valence-electron chi connectivity index (χ2n) is 3.37. The molecular weight excluding hydrogens is 267 g/mol. The minimum atomic E-state index is -1.13. The highest BCUT2D eigenvalue weighted by Crippen LogP contribution is 2.26. The van der Waals surface area contributed by atoms with Crippen LogP contribution in [-0.2, 0) is 9.53 Å². The number of halogens is 2. The van der Waals surface area contributed by atoms with Gasteiger partial charge < -0.3 is 14.9 Å². The molecule has 0 saturated carbocycles. The quantitative estimate of drug-likeness (QED) is 0.785. The Hall–Kier alpha value is -0.810. The Labute approximate surface area is 109 Å². The van der Waals surface area contributed by atoms with E-state index in [1.807, 2.05) is 0 Å². The molecule has 0 radical (unpaired) electrons. The number of carboxylic acid groups (broad SMARTS) is 1. The third-order valence-electron chi connectivity index (χ3n) is 2.00. The molecule has 1 aromatic carbocycles. The number of benzene rings is 1. The minimum Gasteiger partial charge on any atom is -0.479 e. The number of aliphatic carboxylic acids is 1. The van der Waals surface area contributed by atoms with Crippen molar-refractivity contribution in [2.24, 2.45) is 0 Å². The summed E-state index contributed by atoms with van der Waals surface area (Å²) in [5.41, 5.74) is 0.382. The molecule has 0 amide bonds. The molecule has 94 valence electrons. The molecule has 0 aromatic heterocycles. The van der Waals surface area contributed by atoms with Crippen LogP contribution in [0, 0.1) is 0 Å². The van der Waals surface area contributed by atoms with Crippen LogP contribution in [0.5, 0.6) is 0 Å². The lowest BCUT2D eigenvalue weighted by Gasteiger charge is -2.14. The third-order valence-corrected chi connectivity index (χ3v) is 2.44. The summed E-state index contributed by atoms with van der Waals surface area (Å²) in [7, 11) is 0. The van der Waals surface area contributed by atoms with E-state index in [2.05, 4.69) is 0 Å².